The van der Waals surface area contributed by atoms with Gasteiger partial charge in [-0.3, -0.25) is 0 Å². The molecule has 0 amide bonds. The van der Waals surface area contributed by atoms with Crippen LogP contribution in [-0.2, 0) is 20.0 Å². The summed E-state index contributed by atoms with van der Waals surface area (Å²) in [5.41, 5.74) is 0.996. The monoisotopic (exact) mass is 375 g/mol. The molecular weight excluding hydrogens is 358 g/mol. The molecule has 0 radical (unpaired) electrons. The van der Waals surface area contributed by atoms with Crippen molar-refractivity contribution in [1.29, 1.82) is 0 Å². The van der Waals surface area contributed by atoms with Crippen molar-refractivity contribution in [2.45, 2.75) is 11.8 Å². The molecule has 0 aliphatic heterocycles. The first kappa shape index (κ1) is 17.4. The van der Waals surface area contributed by atoms with E-state index >= 15 is 0 Å². The molecule has 0 N–H and O–H groups in total. The molecular formula is C18H17NO4S2. The maximum atomic E-state index is 13.1. The van der Waals surface area contributed by atoms with E-state index < -0.39 is 20.0 Å². The Bertz CT molecular complexity index is 1130. The van der Waals surface area contributed by atoms with Gasteiger partial charge in [0.1, 0.15) is 0 Å². The Hall–Kier alpha value is -2.38. The van der Waals surface area contributed by atoms with E-state index in [4.69, 9.17) is 0 Å². The number of anilines is 1. The highest BCUT2D eigenvalue weighted by Crippen LogP contribution is 2.33. The molecule has 0 heterocycles. The predicted molar refractivity (Wildman–Crippen MR) is 99.6 cm³/mol. The van der Waals surface area contributed by atoms with Crippen LogP contribution in [0.3, 0.4) is 0 Å². The van der Waals surface area contributed by atoms with E-state index in [1.54, 1.807) is 42.5 Å². The summed E-state index contributed by atoms with van der Waals surface area (Å²) in [5.74, 6) is 0. The van der Waals surface area contributed by atoms with Gasteiger partial charge in [-0.05, 0) is 30.5 Å². The lowest BCUT2D eigenvalue weighted by molar-refractivity contribution is 0.587. The van der Waals surface area contributed by atoms with Gasteiger partial charge in [-0.1, -0.05) is 54.1 Å². The Morgan fingerprint density at radius 3 is 2.00 bits per heavy atom. The number of rotatable bonds is 4. The lowest BCUT2D eigenvalue weighted by Gasteiger charge is -2.23. The molecule has 0 saturated heterocycles. The Labute approximate surface area is 147 Å². The Morgan fingerprint density at radius 2 is 1.36 bits per heavy atom. The largest absolute Gasteiger partial charge is 0.277 e. The van der Waals surface area contributed by atoms with Crippen LogP contribution in [0, 0.1) is 6.92 Å². The van der Waals surface area contributed by atoms with Crippen molar-refractivity contribution in [1.82, 2.24) is 0 Å². The molecule has 3 aromatic rings. The van der Waals surface area contributed by atoms with Gasteiger partial charge in [0, 0.05) is 5.39 Å². The number of sulfonamides is 2. The smallest absolute Gasteiger partial charge is 0.206 e. The molecule has 0 aliphatic carbocycles. The molecule has 130 valence electrons. The summed E-state index contributed by atoms with van der Waals surface area (Å²) in [5, 5.41) is 1.30. The second-order valence-electron chi connectivity index (χ2n) is 5.78. The highest BCUT2D eigenvalue weighted by molar-refractivity contribution is 8.10. The minimum atomic E-state index is -4.27. The zero-order chi connectivity index (χ0) is 18.2. The first-order valence-electron chi connectivity index (χ1n) is 7.51. The van der Waals surface area contributed by atoms with Gasteiger partial charge in [0.05, 0.1) is 16.8 Å². The average Bonchev–Trinajstić information content (AvgIpc) is 2.54. The zero-order valence-corrected chi connectivity index (χ0v) is 15.4. The Balaban J connectivity index is 2.31. The summed E-state index contributed by atoms with van der Waals surface area (Å²) in [6.07, 6.45) is 0.889. The minimum absolute atomic E-state index is 0.0727. The summed E-state index contributed by atoms with van der Waals surface area (Å²) in [4.78, 5) is -0.0727. The summed E-state index contributed by atoms with van der Waals surface area (Å²) in [6.45, 7) is 1.83. The number of benzene rings is 3. The van der Waals surface area contributed by atoms with Gasteiger partial charge in [0.15, 0.2) is 0 Å². The average molecular weight is 375 g/mol. The molecule has 3 aromatic carbocycles. The van der Waals surface area contributed by atoms with Crippen LogP contribution in [0.5, 0.6) is 0 Å². The summed E-state index contributed by atoms with van der Waals surface area (Å²) >= 11 is 0. The van der Waals surface area contributed by atoms with E-state index in [0.717, 1.165) is 17.2 Å². The van der Waals surface area contributed by atoms with E-state index in [1.165, 1.54) is 18.2 Å². The number of hydrogen-bond acceptors (Lipinski definition) is 4. The predicted octanol–water partition coefficient (Wildman–Crippen LogP) is 3.30. The lowest BCUT2D eigenvalue weighted by atomic mass is 10.1. The highest BCUT2D eigenvalue weighted by atomic mass is 32.3. The van der Waals surface area contributed by atoms with Crippen molar-refractivity contribution in [2.24, 2.45) is 0 Å². The second kappa shape index (κ2) is 6.16. The maximum Gasteiger partial charge on any atom is 0.277 e. The van der Waals surface area contributed by atoms with Crippen LogP contribution in [0.15, 0.2) is 71.6 Å². The molecule has 0 bridgehead atoms. The second-order valence-corrected chi connectivity index (χ2v) is 9.63. The standard InChI is InChI=1S/C18H17NO4S2/c1-14-10-12-16(13-11-14)25(22,23)19(24(2,20)21)18-9-5-7-15-6-3-4-8-17(15)18/h3-13H,1-2H3. The van der Waals surface area contributed by atoms with E-state index in [2.05, 4.69) is 0 Å². The quantitative estimate of drug-likeness (QED) is 0.701. The lowest BCUT2D eigenvalue weighted by Crippen LogP contribution is -2.36. The van der Waals surface area contributed by atoms with Crippen LogP contribution in [0.25, 0.3) is 10.8 Å². The molecule has 3 rings (SSSR count). The molecule has 5 nitrogen and oxygen atoms in total. The van der Waals surface area contributed by atoms with Gasteiger partial charge in [-0.15, -0.1) is 0 Å². The zero-order valence-electron chi connectivity index (χ0n) is 13.7. The SMILES string of the molecule is Cc1ccc(S(=O)(=O)N(c2cccc3ccccc23)S(C)(=O)=O)cc1. The van der Waals surface area contributed by atoms with Crippen molar-refractivity contribution in [3.05, 3.63) is 72.3 Å². The van der Waals surface area contributed by atoms with Crippen LogP contribution in [0.4, 0.5) is 5.69 Å². The van der Waals surface area contributed by atoms with Crippen LogP contribution in [0.2, 0.25) is 0 Å². The van der Waals surface area contributed by atoms with E-state index in [9.17, 15) is 16.8 Å². The third-order valence-electron chi connectivity index (χ3n) is 3.80. The van der Waals surface area contributed by atoms with E-state index in [1.807, 2.05) is 13.0 Å². The van der Waals surface area contributed by atoms with Gasteiger partial charge in [0.2, 0.25) is 10.0 Å². The van der Waals surface area contributed by atoms with Crippen LogP contribution < -0.4 is 3.71 Å². The molecule has 0 saturated carbocycles. The van der Waals surface area contributed by atoms with Crippen molar-refractivity contribution >= 4 is 36.5 Å². The van der Waals surface area contributed by atoms with Crippen molar-refractivity contribution in [2.75, 3.05) is 9.97 Å². The van der Waals surface area contributed by atoms with Gasteiger partial charge in [-0.25, -0.2) is 16.8 Å². The molecule has 0 aliphatic rings. The Kier molecular flexibility index (Phi) is 4.30. The van der Waals surface area contributed by atoms with Gasteiger partial charge in [0.25, 0.3) is 10.0 Å². The number of hydrogen-bond donors (Lipinski definition) is 0. The number of aryl methyl sites for hydroxylation is 1. The van der Waals surface area contributed by atoms with E-state index in [0.29, 0.717) is 9.10 Å². The summed E-state index contributed by atoms with van der Waals surface area (Å²) in [6, 6.07) is 18.1. The molecule has 25 heavy (non-hydrogen) atoms. The van der Waals surface area contributed by atoms with Gasteiger partial charge < -0.3 is 0 Å². The third kappa shape index (κ3) is 3.25. The summed E-state index contributed by atoms with van der Waals surface area (Å²) in [7, 11) is -8.35. The molecule has 0 aromatic heterocycles. The van der Waals surface area contributed by atoms with Gasteiger partial charge in [-0.2, -0.15) is 3.71 Å². The molecule has 0 fully saturated rings. The highest BCUT2D eigenvalue weighted by Gasteiger charge is 2.33. The molecule has 0 spiro atoms. The minimum Gasteiger partial charge on any atom is -0.206 e. The fourth-order valence-electron chi connectivity index (χ4n) is 2.66. The van der Waals surface area contributed by atoms with E-state index in [-0.39, 0.29) is 10.6 Å². The third-order valence-corrected chi connectivity index (χ3v) is 7.50. The maximum absolute atomic E-state index is 13.1. The van der Waals surface area contributed by atoms with Crippen molar-refractivity contribution in [3.63, 3.8) is 0 Å². The topological polar surface area (TPSA) is 71.5 Å². The summed E-state index contributed by atoms with van der Waals surface area (Å²) < 4.78 is 51.5. The Morgan fingerprint density at radius 1 is 0.760 bits per heavy atom. The number of nitrogens with zero attached hydrogens (tertiary/aromatic N) is 1. The van der Waals surface area contributed by atoms with Crippen molar-refractivity contribution in [3.8, 4) is 0 Å². The molecule has 0 unspecified atom stereocenters. The van der Waals surface area contributed by atoms with Crippen LogP contribution in [-0.4, -0.2) is 23.1 Å². The van der Waals surface area contributed by atoms with Crippen LogP contribution >= 0.6 is 0 Å². The fraction of sp³-hybridized carbons (Fsp3) is 0.111. The van der Waals surface area contributed by atoms with Crippen molar-refractivity contribution < 1.29 is 16.8 Å². The van der Waals surface area contributed by atoms with Crippen LogP contribution in [0.1, 0.15) is 5.56 Å². The van der Waals surface area contributed by atoms with Gasteiger partial charge >= 0.3 is 0 Å². The fourth-order valence-corrected chi connectivity index (χ4v) is 5.95. The first-order valence-corrected chi connectivity index (χ1v) is 10.8. The molecule has 7 heteroatoms. The molecule has 0 atom stereocenters. The normalized spacial score (nSPS) is 12.2. The number of fused-ring (bicyclic) bond motifs is 1. The first-order chi connectivity index (χ1) is 11.7.